The lowest BCUT2D eigenvalue weighted by Crippen LogP contribution is -2.42. The number of carbonyl (C=O) groups excluding carboxylic acids is 3. The van der Waals surface area contributed by atoms with E-state index < -0.39 is 5.91 Å². The lowest BCUT2D eigenvalue weighted by Gasteiger charge is -2.23. The molecule has 0 saturated carbocycles. The molecule has 36 heavy (non-hydrogen) atoms. The number of nitrogens with zero attached hydrogens (tertiary/aromatic N) is 1. The Balaban J connectivity index is 1.34. The number of H-pyrrole nitrogens is 1. The molecule has 0 saturated heterocycles. The summed E-state index contributed by atoms with van der Waals surface area (Å²) in [7, 11) is 0. The van der Waals surface area contributed by atoms with Crippen LogP contribution in [0, 0.1) is 20.8 Å². The zero-order valence-corrected chi connectivity index (χ0v) is 20.7. The number of amides is 3. The van der Waals surface area contributed by atoms with Crippen LogP contribution in [0.25, 0.3) is 10.9 Å². The second-order valence-corrected chi connectivity index (χ2v) is 8.91. The first-order chi connectivity index (χ1) is 17.3. The van der Waals surface area contributed by atoms with Crippen LogP contribution in [0.1, 0.15) is 35.2 Å². The second kappa shape index (κ2) is 10.9. The molecule has 0 bridgehead atoms. The summed E-state index contributed by atoms with van der Waals surface area (Å²) < 4.78 is 0. The van der Waals surface area contributed by atoms with E-state index in [1.165, 1.54) is 0 Å². The highest BCUT2D eigenvalue weighted by Gasteiger charge is 2.19. The van der Waals surface area contributed by atoms with Gasteiger partial charge < -0.3 is 4.98 Å². The summed E-state index contributed by atoms with van der Waals surface area (Å²) in [5.74, 6) is -0.970. The molecule has 7 heteroatoms. The molecule has 1 aromatic heterocycles. The van der Waals surface area contributed by atoms with E-state index in [9.17, 15) is 14.4 Å². The van der Waals surface area contributed by atoms with Gasteiger partial charge in [0.15, 0.2) is 0 Å². The van der Waals surface area contributed by atoms with Crippen LogP contribution in [0.15, 0.2) is 72.8 Å². The number of hydrazine groups is 1. The number of carbonyl (C=O) groups is 3. The van der Waals surface area contributed by atoms with Crippen molar-refractivity contribution in [2.75, 3.05) is 4.90 Å². The Bertz CT molecular complexity index is 1360. The zero-order valence-electron chi connectivity index (χ0n) is 20.7. The maximum atomic E-state index is 13.1. The van der Waals surface area contributed by atoms with E-state index in [2.05, 4.69) is 28.0 Å². The van der Waals surface area contributed by atoms with E-state index >= 15 is 0 Å². The first-order valence-corrected chi connectivity index (χ1v) is 11.9. The molecule has 4 rings (SSSR count). The van der Waals surface area contributed by atoms with Crippen molar-refractivity contribution in [1.29, 1.82) is 0 Å². The molecule has 0 aliphatic heterocycles. The first kappa shape index (κ1) is 24.7. The van der Waals surface area contributed by atoms with Crippen molar-refractivity contribution in [1.82, 2.24) is 15.8 Å². The Labute approximate surface area is 210 Å². The molecule has 7 nitrogen and oxygen atoms in total. The Morgan fingerprint density at radius 3 is 1.97 bits per heavy atom. The molecule has 0 atom stereocenters. The lowest BCUT2D eigenvalue weighted by atomic mass is 10.0. The molecule has 4 aromatic rings. The summed E-state index contributed by atoms with van der Waals surface area (Å²) in [6.07, 6.45) is 0.0646. The van der Waals surface area contributed by atoms with Gasteiger partial charge in [0.2, 0.25) is 17.7 Å². The molecule has 0 fully saturated rings. The van der Waals surface area contributed by atoms with Gasteiger partial charge in [-0.2, -0.15) is 0 Å². The average Bonchev–Trinajstić information content (AvgIpc) is 3.18. The van der Waals surface area contributed by atoms with E-state index in [1.807, 2.05) is 81.4 Å². The molecule has 184 valence electrons. The fourth-order valence-electron chi connectivity index (χ4n) is 4.39. The van der Waals surface area contributed by atoms with E-state index in [-0.39, 0.29) is 31.1 Å². The van der Waals surface area contributed by atoms with Gasteiger partial charge >= 0.3 is 0 Å². The molecule has 3 aromatic carbocycles. The van der Waals surface area contributed by atoms with E-state index in [4.69, 9.17) is 0 Å². The molecule has 0 spiro atoms. The predicted octanol–water partition coefficient (Wildman–Crippen LogP) is 4.93. The van der Waals surface area contributed by atoms with Gasteiger partial charge in [-0.05, 0) is 62.2 Å². The molecule has 0 aliphatic carbocycles. The predicted molar refractivity (Wildman–Crippen MR) is 142 cm³/mol. The van der Waals surface area contributed by atoms with E-state index in [0.29, 0.717) is 0 Å². The molecule has 1 heterocycles. The lowest BCUT2D eigenvalue weighted by molar-refractivity contribution is -0.129. The van der Waals surface area contributed by atoms with Crippen LogP contribution in [-0.2, 0) is 20.8 Å². The third-order valence-electron chi connectivity index (χ3n) is 6.09. The number of aryl methyl sites for hydroxylation is 3. The van der Waals surface area contributed by atoms with Gasteiger partial charge in [0.1, 0.15) is 0 Å². The Kier molecular flexibility index (Phi) is 7.49. The maximum Gasteiger partial charge on any atom is 0.242 e. The highest BCUT2D eigenvalue weighted by atomic mass is 16.2. The van der Waals surface area contributed by atoms with Crippen LogP contribution in [0.5, 0.6) is 0 Å². The van der Waals surface area contributed by atoms with Crippen molar-refractivity contribution in [3.8, 4) is 0 Å². The fourth-order valence-corrected chi connectivity index (χ4v) is 4.39. The van der Waals surface area contributed by atoms with Gasteiger partial charge in [-0.25, -0.2) is 0 Å². The monoisotopic (exact) mass is 482 g/mol. The minimum absolute atomic E-state index is 0.00833. The number of aromatic amines is 1. The molecule has 0 radical (unpaired) electrons. The van der Waals surface area contributed by atoms with Crippen molar-refractivity contribution in [3.63, 3.8) is 0 Å². The normalized spacial score (nSPS) is 10.8. The number of para-hydroxylation sites is 2. The van der Waals surface area contributed by atoms with Crippen molar-refractivity contribution >= 4 is 40.0 Å². The summed E-state index contributed by atoms with van der Waals surface area (Å²) >= 11 is 0. The summed E-state index contributed by atoms with van der Waals surface area (Å²) in [4.78, 5) is 43.0. The Morgan fingerprint density at radius 1 is 0.778 bits per heavy atom. The second-order valence-electron chi connectivity index (χ2n) is 8.91. The molecule has 0 aliphatic rings. The van der Waals surface area contributed by atoms with Gasteiger partial charge in [0.05, 0.1) is 6.42 Å². The molecular formula is C29H30N4O3. The number of aromatic nitrogens is 1. The quantitative estimate of drug-likeness (QED) is 0.326. The fraction of sp³-hybridized carbons (Fsp3) is 0.207. The van der Waals surface area contributed by atoms with Crippen molar-refractivity contribution in [2.24, 2.45) is 0 Å². The highest BCUT2D eigenvalue weighted by Crippen LogP contribution is 2.27. The molecule has 3 amide bonds. The third kappa shape index (κ3) is 5.63. The SMILES string of the molecule is Cc1cc(C)c2[nH]c(C)c(CC(=O)NNC(=O)CCC(=O)N(c3ccccc3)c3ccccc3)c2c1. The number of benzene rings is 3. The number of hydrogen-bond donors (Lipinski definition) is 3. The minimum Gasteiger partial charge on any atom is -0.358 e. The van der Waals surface area contributed by atoms with Gasteiger partial charge in [0.25, 0.3) is 0 Å². The highest BCUT2D eigenvalue weighted by molar-refractivity contribution is 6.01. The van der Waals surface area contributed by atoms with Gasteiger partial charge in [-0.3, -0.25) is 30.1 Å². The summed E-state index contributed by atoms with van der Waals surface area (Å²) in [5, 5.41) is 1.01. The van der Waals surface area contributed by atoms with Gasteiger partial charge in [-0.15, -0.1) is 0 Å². The maximum absolute atomic E-state index is 13.1. The van der Waals surface area contributed by atoms with E-state index in [1.54, 1.807) is 4.90 Å². The summed E-state index contributed by atoms with van der Waals surface area (Å²) in [6, 6.07) is 22.8. The zero-order chi connectivity index (χ0) is 25.7. The van der Waals surface area contributed by atoms with Crippen LogP contribution in [0.3, 0.4) is 0 Å². The van der Waals surface area contributed by atoms with Crippen LogP contribution < -0.4 is 15.8 Å². The minimum atomic E-state index is -0.430. The number of hydrogen-bond acceptors (Lipinski definition) is 3. The van der Waals surface area contributed by atoms with Crippen molar-refractivity contribution < 1.29 is 14.4 Å². The summed E-state index contributed by atoms with van der Waals surface area (Å²) in [5.41, 5.74) is 11.5. The largest absolute Gasteiger partial charge is 0.358 e. The number of rotatable bonds is 7. The van der Waals surface area contributed by atoms with Crippen LogP contribution >= 0.6 is 0 Å². The first-order valence-electron chi connectivity index (χ1n) is 11.9. The number of nitrogens with one attached hydrogen (secondary N) is 3. The van der Waals surface area contributed by atoms with Crippen LogP contribution in [0.2, 0.25) is 0 Å². The standard InChI is InChI=1S/C29H30N4O3/c1-19-16-20(2)29-25(17-19)24(21(3)30-29)18-27(35)32-31-26(34)14-15-28(36)33(22-10-6-4-7-11-22)23-12-8-5-9-13-23/h4-13,16-17,30H,14-15,18H2,1-3H3,(H,31,34)(H,32,35). The smallest absolute Gasteiger partial charge is 0.242 e. The van der Waals surface area contributed by atoms with E-state index in [0.717, 1.165) is 44.7 Å². The van der Waals surface area contributed by atoms with Gasteiger partial charge in [0, 0.05) is 40.8 Å². The van der Waals surface area contributed by atoms with Crippen LogP contribution in [0.4, 0.5) is 11.4 Å². The van der Waals surface area contributed by atoms with Crippen molar-refractivity contribution in [2.45, 2.75) is 40.0 Å². The third-order valence-corrected chi connectivity index (χ3v) is 6.09. The molecular weight excluding hydrogens is 452 g/mol. The average molecular weight is 483 g/mol. The van der Waals surface area contributed by atoms with Crippen LogP contribution in [-0.4, -0.2) is 22.7 Å². The molecule has 0 unspecified atom stereocenters. The number of fused-ring (bicyclic) bond motifs is 1. The number of anilines is 2. The molecule has 3 N–H and O–H groups in total. The Hall–Kier alpha value is -4.39. The van der Waals surface area contributed by atoms with Gasteiger partial charge in [-0.1, -0.05) is 48.0 Å². The van der Waals surface area contributed by atoms with Crippen molar-refractivity contribution in [3.05, 3.63) is 95.2 Å². The summed E-state index contributed by atoms with van der Waals surface area (Å²) in [6.45, 7) is 6.00. The topological polar surface area (TPSA) is 94.3 Å². The Morgan fingerprint density at radius 2 is 1.36 bits per heavy atom.